The van der Waals surface area contributed by atoms with Crippen LogP contribution in [0.15, 0.2) is 24.3 Å². The van der Waals surface area contributed by atoms with Crippen LogP contribution >= 0.6 is 0 Å². The van der Waals surface area contributed by atoms with Crippen molar-refractivity contribution in [2.24, 2.45) is 0 Å². The average molecular weight is 315 g/mol. The van der Waals surface area contributed by atoms with Crippen LogP contribution < -0.4 is 10.1 Å². The van der Waals surface area contributed by atoms with Crippen LogP contribution in [0, 0.1) is 0 Å². The van der Waals surface area contributed by atoms with E-state index < -0.39 is 30.8 Å². The van der Waals surface area contributed by atoms with Crippen LogP contribution in [0.4, 0.5) is 26.3 Å². The second-order valence-corrected chi connectivity index (χ2v) is 4.47. The smallest absolute Gasteiger partial charge is 0.406 e. The zero-order valence-electron chi connectivity index (χ0n) is 11.2. The first kappa shape index (κ1) is 17.6. The maximum absolute atomic E-state index is 12.4. The highest BCUT2D eigenvalue weighted by Crippen LogP contribution is 2.25. The minimum absolute atomic E-state index is 0.0691. The summed E-state index contributed by atoms with van der Waals surface area (Å²) >= 11 is 0. The Kier molecular flexibility index (Phi) is 5.88. The molecule has 1 atom stereocenters. The van der Waals surface area contributed by atoms with Crippen LogP contribution in [0.2, 0.25) is 0 Å². The van der Waals surface area contributed by atoms with Gasteiger partial charge in [-0.25, -0.2) is 0 Å². The Labute approximate surface area is 118 Å². The molecule has 0 aliphatic rings. The van der Waals surface area contributed by atoms with Crippen LogP contribution in [-0.2, 0) is 6.42 Å². The van der Waals surface area contributed by atoms with E-state index in [0.29, 0.717) is 12.1 Å². The molecule has 1 unspecified atom stereocenters. The van der Waals surface area contributed by atoms with Gasteiger partial charge in [-0.2, -0.15) is 13.2 Å². The summed E-state index contributed by atoms with van der Waals surface area (Å²) in [4.78, 5) is 0. The summed E-state index contributed by atoms with van der Waals surface area (Å²) in [6.07, 6.45) is -10.0. The Morgan fingerprint density at radius 2 is 1.62 bits per heavy atom. The van der Waals surface area contributed by atoms with E-state index in [1.807, 2.05) is 0 Å². The standard InChI is InChI=1S/C13H15F6NO/c1-2-20-10(8-12(14,15)16)7-9-3-5-11(6-4-9)21-13(17,18)19/h3-6,10,20H,2,7-8H2,1H3. The number of nitrogens with one attached hydrogen (secondary N) is 1. The number of halogens is 6. The summed E-state index contributed by atoms with van der Waals surface area (Å²) in [6.45, 7) is 2.06. The largest absolute Gasteiger partial charge is 0.573 e. The molecule has 0 fully saturated rings. The summed E-state index contributed by atoms with van der Waals surface area (Å²) in [5.41, 5.74) is 0.500. The number of hydrogen-bond acceptors (Lipinski definition) is 2. The molecule has 0 saturated heterocycles. The van der Waals surface area contributed by atoms with E-state index in [2.05, 4.69) is 10.1 Å². The van der Waals surface area contributed by atoms with E-state index in [0.717, 1.165) is 12.1 Å². The van der Waals surface area contributed by atoms with Gasteiger partial charge < -0.3 is 10.1 Å². The second kappa shape index (κ2) is 7.02. The molecule has 1 N–H and O–H groups in total. The molecule has 120 valence electrons. The highest BCUT2D eigenvalue weighted by molar-refractivity contribution is 5.28. The van der Waals surface area contributed by atoms with Crippen LogP contribution in [-0.4, -0.2) is 25.1 Å². The third-order valence-electron chi connectivity index (χ3n) is 2.61. The molecule has 0 aliphatic carbocycles. The van der Waals surface area contributed by atoms with E-state index in [1.165, 1.54) is 12.1 Å². The Hall–Kier alpha value is -1.44. The first-order chi connectivity index (χ1) is 9.59. The van der Waals surface area contributed by atoms with Crippen molar-refractivity contribution >= 4 is 0 Å². The van der Waals surface area contributed by atoms with Crippen LogP contribution in [0.1, 0.15) is 18.9 Å². The first-order valence-corrected chi connectivity index (χ1v) is 6.24. The van der Waals surface area contributed by atoms with Crippen LogP contribution in [0.25, 0.3) is 0 Å². The first-order valence-electron chi connectivity index (χ1n) is 6.24. The van der Waals surface area contributed by atoms with Crippen molar-refractivity contribution in [2.75, 3.05) is 6.54 Å². The van der Waals surface area contributed by atoms with Gasteiger partial charge in [0.2, 0.25) is 0 Å². The molecular formula is C13H15F6NO. The van der Waals surface area contributed by atoms with E-state index in [4.69, 9.17) is 0 Å². The van der Waals surface area contributed by atoms with E-state index in [9.17, 15) is 26.3 Å². The van der Waals surface area contributed by atoms with Gasteiger partial charge in [0.05, 0.1) is 6.42 Å². The van der Waals surface area contributed by atoms with Gasteiger partial charge in [0.25, 0.3) is 0 Å². The summed E-state index contributed by atoms with van der Waals surface area (Å²) in [6, 6.07) is 3.99. The molecule has 1 rings (SSSR count). The fourth-order valence-corrected chi connectivity index (χ4v) is 1.90. The van der Waals surface area contributed by atoms with Crippen molar-refractivity contribution in [2.45, 2.75) is 38.3 Å². The highest BCUT2D eigenvalue weighted by atomic mass is 19.4. The summed E-state index contributed by atoms with van der Waals surface area (Å²) < 4.78 is 76.8. The molecule has 21 heavy (non-hydrogen) atoms. The van der Waals surface area contributed by atoms with Crippen LogP contribution in [0.5, 0.6) is 5.75 Å². The van der Waals surface area contributed by atoms with E-state index in [1.54, 1.807) is 6.92 Å². The van der Waals surface area contributed by atoms with Gasteiger partial charge in [-0.05, 0) is 30.7 Å². The van der Waals surface area contributed by atoms with Gasteiger partial charge >= 0.3 is 12.5 Å². The molecule has 8 heteroatoms. The molecule has 2 nitrogen and oxygen atoms in total. The maximum Gasteiger partial charge on any atom is 0.573 e. The lowest BCUT2D eigenvalue weighted by molar-refractivity contribution is -0.274. The monoisotopic (exact) mass is 315 g/mol. The molecule has 0 heterocycles. The number of hydrogen-bond donors (Lipinski definition) is 1. The topological polar surface area (TPSA) is 21.3 Å². The number of benzene rings is 1. The number of rotatable bonds is 6. The average Bonchev–Trinajstić information content (AvgIpc) is 2.28. The van der Waals surface area contributed by atoms with Gasteiger partial charge in [0, 0.05) is 6.04 Å². The van der Waals surface area contributed by atoms with Gasteiger partial charge in [-0.15, -0.1) is 13.2 Å². The van der Waals surface area contributed by atoms with Crippen molar-refractivity contribution in [1.82, 2.24) is 5.32 Å². The molecule has 0 radical (unpaired) electrons. The third kappa shape index (κ3) is 7.79. The lowest BCUT2D eigenvalue weighted by Crippen LogP contribution is -2.35. The van der Waals surface area contributed by atoms with Crippen molar-refractivity contribution in [3.8, 4) is 5.75 Å². The van der Waals surface area contributed by atoms with Gasteiger partial charge in [-0.1, -0.05) is 19.1 Å². The molecule has 0 aromatic heterocycles. The summed E-state index contributed by atoms with van der Waals surface area (Å²) in [7, 11) is 0. The molecule has 0 amide bonds. The normalized spacial score (nSPS) is 14.0. The molecule has 0 spiro atoms. The van der Waals surface area contributed by atoms with Gasteiger partial charge in [-0.3, -0.25) is 0 Å². The number of ether oxygens (including phenoxy) is 1. The minimum atomic E-state index is -4.79. The zero-order chi connectivity index (χ0) is 16.1. The lowest BCUT2D eigenvalue weighted by Gasteiger charge is -2.19. The Morgan fingerprint density at radius 3 is 2.05 bits per heavy atom. The van der Waals surface area contributed by atoms with E-state index in [-0.39, 0.29) is 6.42 Å². The molecule has 0 bridgehead atoms. The SMILES string of the molecule is CCNC(Cc1ccc(OC(F)(F)F)cc1)CC(F)(F)F. The minimum Gasteiger partial charge on any atom is -0.406 e. The van der Waals surface area contributed by atoms with Crippen molar-refractivity contribution in [1.29, 1.82) is 0 Å². The molecule has 1 aromatic carbocycles. The predicted octanol–water partition coefficient (Wildman–Crippen LogP) is 4.06. The third-order valence-corrected chi connectivity index (χ3v) is 2.61. The predicted molar refractivity (Wildman–Crippen MR) is 65.0 cm³/mol. The van der Waals surface area contributed by atoms with Gasteiger partial charge in [0.1, 0.15) is 5.75 Å². The lowest BCUT2D eigenvalue weighted by atomic mass is 10.0. The van der Waals surface area contributed by atoms with Crippen molar-refractivity contribution < 1.29 is 31.1 Å². The van der Waals surface area contributed by atoms with Crippen molar-refractivity contribution in [3.05, 3.63) is 29.8 Å². The highest BCUT2D eigenvalue weighted by Gasteiger charge is 2.32. The fraction of sp³-hybridized carbons (Fsp3) is 0.538. The van der Waals surface area contributed by atoms with Crippen LogP contribution in [0.3, 0.4) is 0 Å². The number of likely N-dealkylation sites (N-methyl/N-ethyl adjacent to an activating group) is 1. The molecular weight excluding hydrogens is 300 g/mol. The summed E-state index contributed by atoms with van der Waals surface area (Å²) in [5, 5.41) is 2.71. The molecule has 1 aromatic rings. The van der Waals surface area contributed by atoms with Gasteiger partial charge in [0.15, 0.2) is 0 Å². The Balaban J connectivity index is 2.67. The fourth-order valence-electron chi connectivity index (χ4n) is 1.90. The Morgan fingerprint density at radius 1 is 1.05 bits per heavy atom. The number of alkyl halides is 6. The summed E-state index contributed by atoms with van der Waals surface area (Å²) in [5.74, 6) is -0.401. The second-order valence-electron chi connectivity index (χ2n) is 4.47. The van der Waals surface area contributed by atoms with E-state index >= 15 is 0 Å². The Bertz CT molecular complexity index is 426. The maximum atomic E-state index is 12.4. The molecule has 0 aliphatic heterocycles. The quantitative estimate of drug-likeness (QED) is 0.799. The van der Waals surface area contributed by atoms with Crippen molar-refractivity contribution in [3.63, 3.8) is 0 Å². The zero-order valence-corrected chi connectivity index (χ0v) is 11.2. The molecule has 0 saturated carbocycles.